The molecule has 0 aliphatic carbocycles. The SMILES string of the molecule is CCCCC(CC)CO[Si](C)(Cl)OCC(CC)CCCC. The molecule has 0 aromatic carbocycles. The van der Waals surface area contributed by atoms with Crippen molar-refractivity contribution in [3.63, 3.8) is 0 Å². The number of unbranched alkanes of at least 4 members (excludes halogenated alkanes) is 2. The van der Waals surface area contributed by atoms with Crippen LogP contribution in [0.1, 0.15) is 79.1 Å². The minimum absolute atomic E-state index is 0.626. The van der Waals surface area contributed by atoms with Gasteiger partial charge in [0.2, 0.25) is 0 Å². The average Bonchev–Trinajstić information content (AvgIpc) is 2.47. The zero-order chi connectivity index (χ0) is 16.1. The lowest BCUT2D eigenvalue weighted by Gasteiger charge is -2.25. The molecule has 21 heavy (non-hydrogen) atoms. The molecule has 0 radical (unpaired) electrons. The van der Waals surface area contributed by atoms with Crippen molar-refractivity contribution in [1.82, 2.24) is 0 Å². The molecule has 0 aromatic heterocycles. The van der Waals surface area contributed by atoms with E-state index >= 15 is 0 Å². The fourth-order valence-electron chi connectivity index (χ4n) is 2.37. The lowest BCUT2D eigenvalue weighted by atomic mass is 10.0. The van der Waals surface area contributed by atoms with Crippen molar-refractivity contribution in [3.05, 3.63) is 0 Å². The summed E-state index contributed by atoms with van der Waals surface area (Å²) in [6.45, 7) is 12.4. The van der Waals surface area contributed by atoms with Gasteiger partial charge in [-0.1, -0.05) is 77.3 Å². The first-order valence-corrected chi connectivity index (χ1v) is 12.3. The molecule has 2 unspecified atom stereocenters. The average molecular weight is 337 g/mol. The Bertz CT molecular complexity index is 215. The van der Waals surface area contributed by atoms with Crippen LogP contribution in [0.5, 0.6) is 0 Å². The van der Waals surface area contributed by atoms with Crippen molar-refractivity contribution in [3.8, 4) is 0 Å². The summed E-state index contributed by atoms with van der Waals surface area (Å²) in [5.41, 5.74) is 0. The molecule has 0 fully saturated rings. The highest BCUT2D eigenvalue weighted by Crippen LogP contribution is 2.21. The van der Waals surface area contributed by atoms with Crippen molar-refractivity contribution in [1.29, 1.82) is 0 Å². The third-order valence-corrected chi connectivity index (χ3v) is 6.26. The standard InChI is InChI=1S/C17H37ClO2Si/c1-6-10-12-16(8-3)14-19-21(5,18)20-15-17(9-4)13-11-7-2/h16-17H,6-15H2,1-5H3. The van der Waals surface area contributed by atoms with Gasteiger partial charge in [-0.25, -0.2) is 0 Å². The minimum Gasteiger partial charge on any atom is -0.383 e. The second-order valence-corrected chi connectivity index (χ2v) is 10.6. The Morgan fingerprint density at radius 1 is 0.810 bits per heavy atom. The van der Waals surface area contributed by atoms with Crippen molar-refractivity contribution >= 4 is 18.9 Å². The fourth-order valence-corrected chi connectivity index (χ4v) is 3.90. The Morgan fingerprint density at radius 3 is 1.48 bits per heavy atom. The number of halogens is 1. The van der Waals surface area contributed by atoms with Crippen LogP contribution < -0.4 is 0 Å². The highest BCUT2D eigenvalue weighted by atomic mass is 35.6. The van der Waals surface area contributed by atoms with Crippen LogP contribution in [0.2, 0.25) is 6.55 Å². The third kappa shape index (κ3) is 11.6. The van der Waals surface area contributed by atoms with Gasteiger partial charge in [0.1, 0.15) is 0 Å². The van der Waals surface area contributed by atoms with E-state index < -0.39 is 7.87 Å². The Labute approximate surface area is 138 Å². The Morgan fingerprint density at radius 2 is 1.19 bits per heavy atom. The summed E-state index contributed by atoms with van der Waals surface area (Å²) in [6.07, 6.45) is 9.85. The van der Waals surface area contributed by atoms with Crippen LogP contribution in [0.25, 0.3) is 0 Å². The number of hydrogen-bond acceptors (Lipinski definition) is 2. The summed E-state index contributed by atoms with van der Waals surface area (Å²) in [7, 11) is -2.47. The predicted molar refractivity (Wildman–Crippen MR) is 96.0 cm³/mol. The molecule has 0 aliphatic heterocycles. The quantitative estimate of drug-likeness (QED) is 0.275. The molecule has 0 spiro atoms. The van der Waals surface area contributed by atoms with Gasteiger partial charge in [0.05, 0.1) is 0 Å². The van der Waals surface area contributed by atoms with E-state index in [9.17, 15) is 0 Å². The predicted octanol–water partition coefficient (Wildman–Crippen LogP) is 6.26. The monoisotopic (exact) mass is 336 g/mol. The molecule has 0 bridgehead atoms. The second-order valence-electron chi connectivity index (χ2n) is 6.29. The van der Waals surface area contributed by atoms with Crippen LogP contribution in [0.4, 0.5) is 0 Å². The molecule has 0 amide bonds. The maximum atomic E-state index is 6.50. The van der Waals surface area contributed by atoms with E-state index in [1.165, 1.54) is 38.5 Å². The lowest BCUT2D eigenvalue weighted by Crippen LogP contribution is -2.36. The van der Waals surface area contributed by atoms with Crippen molar-refractivity contribution < 1.29 is 8.85 Å². The molecule has 0 saturated carbocycles. The van der Waals surface area contributed by atoms with Crippen molar-refractivity contribution in [2.24, 2.45) is 11.8 Å². The lowest BCUT2D eigenvalue weighted by molar-refractivity contribution is 0.137. The fraction of sp³-hybridized carbons (Fsp3) is 1.00. The highest BCUT2D eigenvalue weighted by Gasteiger charge is 2.30. The maximum Gasteiger partial charge on any atom is 0.439 e. The van der Waals surface area contributed by atoms with Crippen molar-refractivity contribution in [2.45, 2.75) is 85.6 Å². The zero-order valence-electron chi connectivity index (χ0n) is 14.9. The molecule has 128 valence electrons. The topological polar surface area (TPSA) is 18.5 Å². The van der Waals surface area contributed by atoms with Gasteiger partial charge < -0.3 is 8.85 Å². The first-order chi connectivity index (χ1) is 9.99. The Balaban J connectivity index is 4.04. The van der Waals surface area contributed by atoms with E-state index in [0.29, 0.717) is 11.8 Å². The van der Waals surface area contributed by atoms with E-state index in [4.69, 9.17) is 19.9 Å². The molecule has 0 rings (SSSR count). The molecule has 2 nitrogen and oxygen atoms in total. The number of hydrogen-bond donors (Lipinski definition) is 0. The largest absolute Gasteiger partial charge is 0.439 e. The molecule has 0 N–H and O–H groups in total. The van der Waals surface area contributed by atoms with Gasteiger partial charge in [-0.3, -0.25) is 0 Å². The van der Waals surface area contributed by atoms with Gasteiger partial charge in [0.15, 0.2) is 0 Å². The van der Waals surface area contributed by atoms with Gasteiger partial charge in [-0.2, -0.15) is 0 Å². The maximum absolute atomic E-state index is 6.50. The molecule has 4 heteroatoms. The van der Waals surface area contributed by atoms with Gasteiger partial charge in [-0.15, -0.1) is 0 Å². The Hall–Kier alpha value is 0.427. The van der Waals surface area contributed by atoms with Crippen LogP contribution >= 0.6 is 11.1 Å². The summed E-state index contributed by atoms with van der Waals surface area (Å²) < 4.78 is 11.9. The molecular formula is C17H37ClO2Si. The van der Waals surface area contributed by atoms with Crippen LogP contribution in [-0.2, 0) is 8.85 Å². The van der Waals surface area contributed by atoms with E-state index in [1.54, 1.807) is 0 Å². The first-order valence-electron chi connectivity index (χ1n) is 8.95. The Kier molecular flexibility index (Phi) is 13.2. The molecule has 0 aliphatic rings. The first kappa shape index (κ1) is 21.4. The third-order valence-electron chi connectivity index (χ3n) is 4.24. The van der Waals surface area contributed by atoms with E-state index in [0.717, 1.165) is 26.1 Å². The van der Waals surface area contributed by atoms with E-state index in [1.807, 2.05) is 6.55 Å². The second kappa shape index (κ2) is 12.9. The zero-order valence-corrected chi connectivity index (χ0v) is 16.7. The van der Waals surface area contributed by atoms with Crippen LogP contribution in [0.15, 0.2) is 0 Å². The molecule has 0 heterocycles. The normalized spacial score (nSPS) is 17.4. The summed E-state index contributed by atoms with van der Waals surface area (Å²) in [6, 6.07) is 0. The smallest absolute Gasteiger partial charge is 0.383 e. The van der Waals surface area contributed by atoms with Gasteiger partial charge in [-0.05, 0) is 31.2 Å². The van der Waals surface area contributed by atoms with Gasteiger partial charge in [0.25, 0.3) is 0 Å². The summed E-state index contributed by atoms with van der Waals surface area (Å²) in [5, 5.41) is 0. The highest BCUT2D eigenvalue weighted by molar-refractivity contribution is 7.12. The van der Waals surface area contributed by atoms with Gasteiger partial charge >= 0.3 is 7.87 Å². The van der Waals surface area contributed by atoms with Crippen LogP contribution in [-0.4, -0.2) is 21.1 Å². The van der Waals surface area contributed by atoms with Crippen molar-refractivity contribution in [2.75, 3.05) is 13.2 Å². The molecule has 0 aromatic rings. The number of rotatable bonds is 14. The molecule has 2 atom stereocenters. The minimum atomic E-state index is -2.47. The summed E-state index contributed by atoms with van der Waals surface area (Å²) in [5.74, 6) is 1.25. The molecule has 0 saturated heterocycles. The van der Waals surface area contributed by atoms with E-state index in [-0.39, 0.29) is 0 Å². The molecular weight excluding hydrogens is 300 g/mol. The van der Waals surface area contributed by atoms with Crippen LogP contribution in [0.3, 0.4) is 0 Å². The van der Waals surface area contributed by atoms with Crippen LogP contribution in [0, 0.1) is 11.8 Å². The van der Waals surface area contributed by atoms with Gasteiger partial charge in [0, 0.05) is 13.2 Å². The summed E-state index contributed by atoms with van der Waals surface area (Å²) >= 11 is 6.50. The summed E-state index contributed by atoms with van der Waals surface area (Å²) in [4.78, 5) is 0. The van der Waals surface area contributed by atoms with E-state index in [2.05, 4.69) is 27.7 Å².